The lowest BCUT2D eigenvalue weighted by Gasteiger charge is -2.21. The summed E-state index contributed by atoms with van der Waals surface area (Å²) in [5, 5.41) is 4.42. The zero-order valence-electron chi connectivity index (χ0n) is 11.8. The second kappa shape index (κ2) is 7.26. The highest BCUT2D eigenvalue weighted by Crippen LogP contribution is 2.30. The third kappa shape index (κ3) is 3.63. The molecule has 2 rings (SSSR count). The lowest BCUT2D eigenvalue weighted by molar-refractivity contribution is 0.597. The van der Waals surface area contributed by atoms with E-state index in [0.29, 0.717) is 0 Å². The molecule has 0 saturated heterocycles. The minimum Gasteiger partial charge on any atom is -0.306 e. The molecule has 0 aromatic heterocycles. The van der Waals surface area contributed by atoms with Gasteiger partial charge in [-0.05, 0) is 48.7 Å². The van der Waals surface area contributed by atoms with Crippen molar-refractivity contribution in [3.63, 3.8) is 0 Å². The van der Waals surface area contributed by atoms with Crippen LogP contribution >= 0.6 is 27.5 Å². The van der Waals surface area contributed by atoms with Gasteiger partial charge in [-0.2, -0.15) is 0 Å². The maximum absolute atomic E-state index is 6.28. The smallest absolute Gasteiger partial charge is 0.0588 e. The summed E-state index contributed by atoms with van der Waals surface area (Å²) in [6.45, 7) is 5.17. The number of benzene rings is 2. The molecule has 0 aliphatic carbocycles. The van der Waals surface area contributed by atoms with Gasteiger partial charge in [0.2, 0.25) is 0 Å². The lowest BCUT2D eigenvalue weighted by Crippen LogP contribution is -2.23. The highest BCUT2D eigenvalue weighted by molar-refractivity contribution is 9.10. The Kier molecular flexibility index (Phi) is 5.64. The molecule has 0 heterocycles. The molecule has 106 valence electrons. The minimum atomic E-state index is 0.156. The van der Waals surface area contributed by atoms with Crippen molar-refractivity contribution < 1.29 is 0 Å². The van der Waals surface area contributed by atoms with Crippen LogP contribution in [0.5, 0.6) is 0 Å². The first-order valence-corrected chi connectivity index (χ1v) is 8.04. The predicted octanol–water partition coefficient (Wildman–Crippen LogP) is 5.50. The van der Waals surface area contributed by atoms with E-state index in [1.807, 2.05) is 13.0 Å². The Morgan fingerprint density at radius 3 is 2.60 bits per heavy atom. The van der Waals surface area contributed by atoms with Crippen LogP contribution in [0, 0.1) is 6.92 Å². The molecule has 1 unspecified atom stereocenters. The molecule has 20 heavy (non-hydrogen) atoms. The van der Waals surface area contributed by atoms with Crippen LogP contribution in [0.4, 0.5) is 0 Å². The Balaban J connectivity index is 2.41. The molecule has 0 amide bonds. The summed E-state index contributed by atoms with van der Waals surface area (Å²) < 4.78 is 1.12. The first kappa shape index (κ1) is 15.6. The molecule has 0 radical (unpaired) electrons. The Labute approximate surface area is 134 Å². The van der Waals surface area contributed by atoms with Gasteiger partial charge in [-0.1, -0.05) is 64.8 Å². The normalized spacial score (nSPS) is 12.4. The van der Waals surface area contributed by atoms with E-state index in [4.69, 9.17) is 11.6 Å². The van der Waals surface area contributed by atoms with Gasteiger partial charge in [-0.3, -0.25) is 0 Å². The van der Waals surface area contributed by atoms with Crippen LogP contribution in [0.15, 0.2) is 46.9 Å². The van der Waals surface area contributed by atoms with Crippen LogP contribution in [-0.4, -0.2) is 6.54 Å². The van der Waals surface area contributed by atoms with Gasteiger partial charge in [-0.25, -0.2) is 0 Å². The molecule has 2 aromatic rings. The highest BCUT2D eigenvalue weighted by atomic mass is 79.9. The van der Waals surface area contributed by atoms with Gasteiger partial charge in [0.15, 0.2) is 0 Å². The van der Waals surface area contributed by atoms with Gasteiger partial charge in [-0.15, -0.1) is 0 Å². The Morgan fingerprint density at radius 1 is 1.20 bits per heavy atom. The van der Waals surface area contributed by atoms with Gasteiger partial charge in [0, 0.05) is 9.50 Å². The summed E-state index contributed by atoms with van der Waals surface area (Å²) in [5.74, 6) is 0. The number of hydrogen-bond donors (Lipinski definition) is 1. The number of aryl methyl sites for hydroxylation is 1. The van der Waals surface area contributed by atoms with Crippen LogP contribution in [0.25, 0.3) is 0 Å². The summed E-state index contributed by atoms with van der Waals surface area (Å²) in [7, 11) is 0. The minimum absolute atomic E-state index is 0.156. The molecule has 2 aromatic carbocycles. The fraction of sp³-hybridized carbons (Fsp3) is 0.294. The molecule has 0 spiro atoms. The summed E-state index contributed by atoms with van der Waals surface area (Å²) in [6.07, 6.45) is 1.10. The van der Waals surface area contributed by atoms with Gasteiger partial charge in [0.25, 0.3) is 0 Å². The fourth-order valence-corrected chi connectivity index (χ4v) is 2.90. The second-order valence-corrected chi connectivity index (χ2v) is 6.18. The van der Waals surface area contributed by atoms with Gasteiger partial charge in [0.05, 0.1) is 6.04 Å². The molecule has 0 fully saturated rings. The molecule has 0 saturated carbocycles. The number of halogens is 2. The van der Waals surface area contributed by atoms with E-state index >= 15 is 0 Å². The van der Waals surface area contributed by atoms with E-state index in [0.717, 1.165) is 28.0 Å². The van der Waals surface area contributed by atoms with Crippen LogP contribution in [0.3, 0.4) is 0 Å². The number of hydrogen-bond acceptors (Lipinski definition) is 1. The topological polar surface area (TPSA) is 12.0 Å². The van der Waals surface area contributed by atoms with Gasteiger partial charge < -0.3 is 5.32 Å². The monoisotopic (exact) mass is 351 g/mol. The molecule has 0 bridgehead atoms. The standard InChI is InChI=1S/C17H19BrClN/c1-3-10-20-17(14-6-4-5-7-15(14)18)13-9-8-12(2)16(19)11-13/h4-9,11,17,20H,3,10H2,1-2H3. The Bertz CT molecular complexity index is 583. The third-order valence-electron chi connectivity index (χ3n) is 3.34. The van der Waals surface area contributed by atoms with Crippen LogP contribution in [0.1, 0.15) is 36.1 Å². The van der Waals surface area contributed by atoms with Crippen LogP contribution in [-0.2, 0) is 0 Å². The summed E-state index contributed by atoms with van der Waals surface area (Å²) >= 11 is 9.93. The van der Waals surface area contributed by atoms with Crippen molar-refractivity contribution in [2.75, 3.05) is 6.54 Å². The van der Waals surface area contributed by atoms with E-state index in [2.05, 4.69) is 64.6 Å². The summed E-state index contributed by atoms with van der Waals surface area (Å²) in [4.78, 5) is 0. The number of rotatable bonds is 5. The van der Waals surface area contributed by atoms with Crippen LogP contribution in [0.2, 0.25) is 5.02 Å². The first-order valence-electron chi connectivity index (χ1n) is 6.87. The van der Waals surface area contributed by atoms with Crippen molar-refractivity contribution in [3.05, 3.63) is 68.7 Å². The van der Waals surface area contributed by atoms with Crippen molar-refractivity contribution in [2.24, 2.45) is 0 Å². The SMILES string of the molecule is CCCNC(c1ccc(C)c(Cl)c1)c1ccccc1Br. The zero-order valence-corrected chi connectivity index (χ0v) is 14.1. The first-order chi connectivity index (χ1) is 9.63. The van der Waals surface area contributed by atoms with Crippen molar-refractivity contribution in [2.45, 2.75) is 26.3 Å². The van der Waals surface area contributed by atoms with E-state index in [1.165, 1.54) is 11.1 Å². The zero-order chi connectivity index (χ0) is 14.5. The molecule has 1 N–H and O–H groups in total. The highest BCUT2D eigenvalue weighted by Gasteiger charge is 2.16. The molecular formula is C17H19BrClN. The maximum atomic E-state index is 6.28. The van der Waals surface area contributed by atoms with Crippen molar-refractivity contribution in [3.8, 4) is 0 Å². The maximum Gasteiger partial charge on any atom is 0.0588 e. The molecule has 1 nitrogen and oxygen atoms in total. The quantitative estimate of drug-likeness (QED) is 0.749. The molecule has 3 heteroatoms. The van der Waals surface area contributed by atoms with Gasteiger partial charge in [0.1, 0.15) is 0 Å². The van der Waals surface area contributed by atoms with E-state index < -0.39 is 0 Å². The van der Waals surface area contributed by atoms with Crippen LogP contribution < -0.4 is 5.32 Å². The third-order valence-corrected chi connectivity index (χ3v) is 4.47. The lowest BCUT2D eigenvalue weighted by atomic mass is 9.97. The molecule has 0 aliphatic rings. The summed E-state index contributed by atoms with van der Waals surface area (Å²) in [6, 6.07) is 14.8. The predicted molar refractivity (Wildman–Crippen MR) is 90.5 cm³/mol. The van der Waals surface area contributed by atoms with Crippen molar-refractivity contribution in [1.29, 1.82) is 0 Å². The average molecular weight is 353 g/mol. The Morgan fingerprint density at radius 2 is 1.95 bits per heavy atom. The molecular weight excluding hydrogens is 334 g/mol. The van der Waals surface area contributed by atoms with E-state index in [1.54, 1.807) is 0 Å². The fourth-order valence-electron chi connectivity index (χ4n) is 2.19. The molecule has 1 atom stereocenters. The van der Waals surface area contributed by atoms with Crippen molar-refractivity contribution >= 4 is 27.5 Å². The average Bonchev–Trinajstić information content (AvgIpc) is 2.44. The Hall–Kier alpha value is -0.830. The van der Waals surface area contributed by atoms with Crippen molar-refractivity contribution in [1.82, 2.24) is 5.32 Å². The van der Waals surface area contributed by atoms with E-state index in [9.17, 15) is 0 Å². The summed E-state index contributed by atoms with van der Waals surface area (Å²) in [5.41, 5.74) is 3.54. The molecule has 0 aliphatic heterocycles. The van der Waals surface area contributed by atoms with E-state index in [-0.39, 0.29) is 6.04 Å². The number of nitrogens with one attached hydrogen (secondary N) is 1. The largest absolute Gasteiger partial charge is 0.306 e. The second-order valence-electron chi connectivity index (χ2n) is 4.92. The van der Waals surface area contributed by atoms with Gasteiger partial charge >= 0.3 is 0 Å².